The molecule has 0 saturated carbocycles. The van der Waals surface area contributed by atoms with Crippen LogP contribution in [0.1, 0.15) is 28.5 Å². The van der Waals surface area contributed by atoms with E-state index < -0.39 is 0 Å². The Kier molecular flexibility index (Phi) is 6.92. The van der Waals surface area contributed by atoms with Gasteiger partial charge in [0.15, 0.2) is 0 Å². The van der Waals surface area contributed by atoms with Gasteiger partial charge in [0.2, 0.25) is 0 Å². The van der Waals surface area contributed by atoms with Crippen molar-refractivity contribution in [2.45, 2.75) is 44.7 Å². The number of ether oxygens (including phenoxy) is 3. The van der Waals surface area contributed by atoms with Crippen molar-refractivity contribution in [2.75, 3.05) is 0 Å². The van der Waals surface area contributed by atoms with E-state index >= 15 is 0 Å². The summed E-state index contributed by atoms with van der Waals surface area (Å²) in [6, 6.07) is 30.7. The lowest BCUT2D eigenvalue weighted by atomic mass is 10.00. The molecule has 4 aromatic rings. The first-order valence-corrected chi connectivity index (χ1v) is 11.3. The van der Waals surface area contributed by atoms with Crippen molar-refractivity contribution in [2.24, 2.45) is 0 Å². The Morgan fingerprint density at radius 2 is 1.18 bits per heavy atom. The molecule has 33 heavy (non-hydrogen) atoms. The van der Waals surface area contributed by atoms with Gasteiger partial charge in [-0.3, -0.25) is 0 Å². The van der Waals surface area contributed by atoms with Gasteiger partial charge in [-0.1, -0.05) is 91.0 Å². The Balaban J connectivity index is 1.38. The molecule has 0 bridgehead atoms. The van der Waals surface area contributed by atoms with Crippen LogP contribution in [0.3, 0.4) is 0 Å². The summed E-state index contributed by atoms with van der Waals surface area (Å²) in [6.07, 6.45) is 3.01. The van der Waals surface area contributed by atoms with Gasteiger partial charge in [0.1, 0.15) is 18.3 Å². The molecule has 1 aliphatic heterocycles. The zero-order valence-corrected chi connectivity index (χ0v) is 18.5. The minimum absolute atomic E-state index is 0.170. The van der Waals surface area contributed by atoms with Crippen LogP contribution in [-0.2, 0) is 40.6 Å². The Morgan fingerprint density at radius 1 is 0.667 bits per heavy atom. The molecule has 3 aromatic carbocycles. The maximum atomic E-state index is 6.51. The molecule has 0 amide bonds. The summed E-state index contributed by atoms with van der Waals surface area (Å²) >= 11 is 0. The lowest BCUT2D eigenvalue weighted by Gasteiger charge is -2.38. The smallest absolute Gasteiger partial charge is 0.128 e. The monoisotopic (exact) mass is 440 g/mol. The fourth-order valence-corrected chi connectivity index (χ4v) is 4.21. The van der Waals surface area contributed by atoms with Crippen LogP contribution in [0.15, 0.2) is 104 Å². The zero-order valence-electron chi connectivity index (χ0n) is 18.5. The third-order valence-electron chi connectivity index (χ3n) is 5.94. The number of nitrogens with zero attached hydrogens (tertiary/aromatic N) is 2. The molecule has 5 heteroatoms. The van der Waals surface area contributed by atoms with Crippen LogP contribution in [0, 0.1) is 0 Å². The summed E-state index contributed by atoms with van der Waals surface area (Å²) in [5.41, 5.74) is 4.40. The Morgan fingerprint density at radius 3 is 1.76 bits per heavy atom. The summed E-state index contributed by atoms with van der Waals surface area (Å²) in [5.74, 6) is 0. The molecule has 0 aliphatic carbocycles. The first-order valence-electron chi connectivity index (χ1n) is 11.3. The molecule has 0 N–H and O–H groups in total. The quantitative estimate of drug-likeness (QED) is 0.353. The second-order valence-electron chi connectivity index (χ2n) is 8.28. The largest absolute Gasteiger partial charge is 0.369 e. The molecule has 5 rings (SSSR count). The maximum absolute atomic E-state index is 6.51. The highest BCUT2D eigenvalue weighted by Gasteiger charge is 2.40. The average Bonchev–Trinajstić information content (AvgIpc) is 3.35. The fraction of sp³-hybridized carbons (Fsp3) is 0.250. The summed E-state index contributed by atoms with van der Waals surface area (Å²) in [4.78, 5) is 4.39. The molecule has 1 aliphatic rings. The van der Waals surface area contributed by atoms with Gasteiger partial charge in [-0.05, 0) is 16.7 Å². The molecule has 3 atom stereocenters. The Labute approximate surface area is 194 Å². The van der Waals surface area contributed by atoms with E-state index in [0.717, 1.165) is 22.4 Å². The molecule has 0 spiro atoms. The van der Waals surface area contributed by atoms with E-state index in [-0.39, 0.29) is 18.3 Å². The number of hydrogen-bond acceptors (Lipinski definition) is 4. The van der Waals surface area contributed by atoms with E-state index in [2.05, 4.69) is 45.9 Å². The van der Waals surface area contributed by atoms with E-state index in [4.69, 9.17) is 14.2 Å². The fourth-order valence-electron chi connectivity index (χ4n) is 4.21. The molecule has 2 heterocycles. The third-order valence-corrected chi connectivity index (χ3v) is 5.94. The molecule has 0 fully saturated rings. The molecular formula is C28H28N2O3. The second kappa shape index (κ2) is 10.6. The molecular weight excluding hydrogens is 412 g/mol. The number of rotatable bonds is 9. The van der Waals surface area contributed by atoms with E-state index in [1.165, 1.54) is 0 Å². The van der Waals surface area contributed by atoms with Crippen LogP contribution in [0.2, 0.25) is 0 Å². The average molecular weight is 441 g/mol. The molecule has 5 nitrogen and oxygen atoms in total. The van der Waals surface area contributed by atoms with Crippen LogP contribution in [0.25, 0.3) is 0 Å². The minimum Gasteiger partial charge on any atom is -0.369 e. The predicted octanol–water partition coefficient (Wildman–Crippen LogP) is 5.33. The van der Waals surface area contributed by atoms with Crippen molar-refractivity contribution in [1.29, 1.82) is 0 Å². The van der Waals surface area contributed by atoms with Crippen molar-refractivity contribution < 1.29 is 14.2 Å². The molecule has 168 valence electrons. The summed E-state index contributed by atoms with van der Waals surface area (Å²) in [7, 11) is 0. The summed E-state index contributed by atoms with van der Waals surface area (Å²) < 4.78 is 21.5. The highest BCUT2D eigenvalue weighted by Crippen LogP contribution is 2.34. The van der Waals surface area contributed by atoms with Crippen LogP contribution >= 0.6 is 0 Å². The first-order chi connectivity index (χ1) is 16.4. The molecule has 0 saturated heterocycles. The van der Waals surface area contributed by atoms with Gasteiger partial charge in [0.05, 0.1) is 44.6 Å². The Hall–Kier alpha value is -3.25. The van der Waals surface area contributed by atoms with Gasteiger partial charge in [-0.25, -0.2) is 4.98 Å². The number of benzene rings is 3. The normalized spacial score (nSPS) is 19.8. The van der Waals surface area contributed by atoms with Crippen LogP contribution in [-0.4, -0.2) is 21.8 Å². The Bertz CT molecular complexity index is 1120. The van der Waals surface area contributed by atoms with E-state index in [9.17, 15) is 0 Å². The van der Waals surface area contributed by atoms with Crippen LogP contribution in [0.5, 0.6) is 0 Å². The van der Waals surface area contributed by atoms with Gasteiger partial charge in [0, 0.05) is 0 Å². The van der Waals surface area contributed by atoms with E-state index in [1.54, 1.807) is 0 Å². The van der Waals surface area contributed by atoms with Gasteiger partial charge in [-0.2, -0.15) is 0 Å². The van der Waals surface area contributed by atoms with E-state index in [0.29, 0.717) is 26.4 Å². The second-order valence-corrected chi connectivity index (χ2v) is 8.28. The maximum Gasteiger partial charge on any atom is 0.128 e. The molecule has 0 radical (unpaired) electrons. The van der Waals surface area contributed by atoms with Crippen molar-refractivity contribution >= 4 is 0 Å². The van der Waals surface area contributed by atoms with Crippen LogP contribution in [0.4, 0.5) is 0 Å². The van der Waals surface area contributed by atoms with Crippen molar-refractivity contribution in [3.05, 3.63) is 126 Å². The van der Waals surface area contributed by atoms with E-state index in [1.807, 2.05) is 67.1 Å². The number of hydrogen-bond donors (Lipinski definition) is 0. The third kappa shape index (κ3) is 5.40. The van der Waals surface area contributed by atoms with Crippen molar-refractivity contribution in [3.63, 3.8) is 0 Å². The topological polar surface area (TPSA) is 45.5 Å². The van der Waals surface area contributed by atoms with Gasteiger partial charge < -0.3 is 18.8 Å². The van der Waals surface area contributed by atoms with Gasteiger partial charge in [0.25, 0.3) is 0 Å². The first kappa shape index (κ1) is 21.6. The zero-order chi connectivity index (χ0) is 22.3. The minimum atomic E-state index is -0.286. The lowest BCUT2D eigenvalue weighted by molar-refractivity contribution is -0.170. The SMILES string of the molecule is c1ccc(CO[C@H]2[C@H](OCc3ccccc3)c3cncn3C[C@H]2OCc2ccccc2)cc1. The summed E-state index contributed by atoms with van der Waals surface area (Å²) in [6.45, 7) is 2.18. The number of fused-ring (bicyclic) bond motifs is 1. The molecule has 0 unspecified atom stereocenters. The van der Waals surface area contributed by atoms with Crippen molar-refractivity contribution in [1.82, 2.24) is 9.55 Å². The predicted molar refractivity (Wildman–Crippen MR) is 126 cm³/mol. The standard InChI is InChI=1S/C28H28N2O3/c1-4-10-22(11-5-1)18-31-26-17-30-21-29-16-25(30)27(32-19-23-12-6-2-7-13-23)28(26)33-20-24-14-8-3-9-15-24/h1-16,21,26-28H,17-20H2/t26-,27-,28-/m1/s1. The van der Waals surface area contributed by atoms with Crippen molar-refractivity contribution in [3.8, 4) is 0 Å². The number of aromatic nitrogens is 2. The highest BCUT2D eigenvalue weighted by molar-refractivity contribution is 5.17. The highest BCUT2D eigenvalue weighted by atomic mass is 16.6. The van der Waals surface area contributed by atoms with Gasteiger partial charge in [-0.15, -0.1) is 0 Å². The summed E-state index contributed by atoms with van der Waals surface area (Å²) in [5, 5.41) is 0. The number of imidazole rings is 1. The van der Waals surface area contributed by atoms with Gasteiger partial charge >= 0.3 is 0 Å². The lowest BCUT2D eigenvalue weighted by Crippen LogP contribution is -2.45. The molecule has 1 aromatic heterocycles. The van der Waals surface area contributed by atoms with Crippen LogP contribution < -0.4 is 0 Å².